The maximum absolute atomic E-state index is 10.5. The van der Waals surface area contributed by atoms with Crippen LogP contribution in [-0.2, 0) is 11.2 Å². The fourth-order valence-electron chi connectivity index (χ4n) is 1.86. The Morgan fingerprint density at radius 1 is 1.50 bits per heavy atom. The number of benzene rings is 1. The highest BCUT2D eigenvalue weighted by Gasteiger charge is 2.18. The van der Waals surface area contributed by atoms with Gasteiger partial charge < -0.3 is 10.4 Å². The van der Waals surface area contributed by atoms with Gasteiger partial charge in [0.15, 0.2) is 0 Å². The molecule has 2 rings (SSSR count). The van der Waals surface area contributed by atoms with Gasteiger partial charge >= 0.3 is 5.97 Å². The minimum Gasteiger partial charge on any atom is -0.481 e. The number of carbonyl (C=O) groups is 1. The summed E-state index contributed by atoms with van der Waals surface area (Å²) in [5.41, 5.74) is 2.37. The molecule has 0 saturated carbocycles. The maximum atomic E-state index is 10.5. The smallest absolute Gasteiger partial charge is 0.305 e. The topological polar surface area (TPSA) is 49.3 Å². The Bertz CT molecular complexity index is 349. The maximum Gasteiger partial charge on any atom is 0.305 e. The number of nitrogens with one attached hydrogen (secondary N) is 1. The molecule has 2 N–H and O–H groups in total. The molecule has 0 amide bonds. The fraction of sp³-hybridized carbons (Fsp3) is 0.364. The molecule has 0 radical (unpaired) electrons. The van der Waals surface area contributed by atoms with E-state index in [0.29, 0.717) is 0 Å². The summed E-state index contributed by atoms with van der Waals surface area (Å²) in [6.45, 7) is 0. The number of anilines is 1. The van der Waals surface area contributed by atoms with E-state index in [1.165, 1.54) is 5.56 Å². The second kappa shape index (κ2) is 3.70. The Kier molecular flexibility index (Phi) is 2.39. The summed E-state index contributed by atoms with van der Waals surface area (Å²) in [7, 11) is 0. The van der Waals surface area contributed by atoms with Crippen LogP contribution in [0.15, 0.2) is 24.3 Å². The van der Waals surface area contributed by atoms with E-state index in [-0.39, 0.29) is 12.5 Å². The monoisotopic (exact) mass is 191 g/mol. The lowest BCUT2D eigenvalue weighted by atomic mass is 9.96. The molecule has 3 nitrogen and oxygen atoms in total. The minimum absolute atomic E-state index is 0.0856. The standard InChI is InChI=1S/C11H13NO2/c13-11(14)7-9-6-5-8-3-1-2-4-10(8)12-9/h1-4,9,12H,5-7H2,(H,13,14). The van der Waals surface area contributed by atoms with Crippen LogP contribution in [0.1, 0.15) is 18.4 Å². The number of aryl methyl sites for hydroxylation is 1. The van der Waals surface area contributed by atoms with Crippen molar-refractivity contribution in [3.63, 3.8) is 0 Å². The zero-order valence-corrected chi connectivity index (χ0v) is 7.86. The lowest BCUT2D eigenvalue weighted by Gasteiger charge is -2.25. The molecule has 1 heterocycles. The van der Waals surface area contributed by atoms with E-state index < -0.39 is 5.97 Å². The van der Waals surface area contributed by atoms with E-state index in [4.69, 9.17) is 5.11 Å². The quantitative estimate of drug-likeness (QED) is 0.750. The van der Waals surface area contributed by atoms with Crippen molar-refractivity contribution in [2.45, 2.75) is 25.3 Å². The highest BCUT2D eigenvalue weighted by atomic mass is 16.4. The van der Waals surface area contributed by atoms with E-state index in [1.54, 1.807) is 0 Å². The van der Waals surface area contributed by atoms with Gasteiger partial charge in [0.1, 0.15) is 0 Å². The van der Waals surface area contributed by atoms with E-state index in [0.717, 1.165) is 18.5 Å². The Labute approximate surface area is 82.8 Å². The van der Waals surface area contributed by atoms with Crippen LogP contribution in [0.5, 0.6) is 0 Å². The van der Waals surface area contributed by atoms with E-state index in [1.807, 2.05) is 18.2 Å². The first-order chi connectivity index (χ1) is 6.75. The summed E-state index contributed by atoms with van der Waals surface area (Å²) in [5.74, 6) is -0.734. The molecule has 1 aromatic carbocycles. The second-order valence-corrected chi connectivity index (χ2v) is 3.63. The Hall–Kier alpha value is -1.51. The van der Waals surface area contributed by atoms with Gasteiger partial charge in [-0.3, -0.25) is 4.79 Å². The SMILES string of the molecule is O=C(O)CC1CCc2ccccc2N1. The molecule has 1 atom stereocenters. The molecule has 0 bridgehead atoms. The third-order valence-corrected chi connectivity index (χ3v) is 2.56. The average molecular weight is 191 g/mol. The second-order valence-electron chi connectivity index (χ2n) is 3.63. The van der Waals surface area contributed by atoms with Gasteiger partial charge in [-0.15, -0.1) is 0 Å². The molecule has 1 aliphatic rings. The normalized spacial score (nSPS) is 19.6. The zero-order valence-electron chi connectivity index (χ0n) is 7.86. The summed E-state index contributed by atoms with van der Waals surface area (Å²) in [5, 5.41) is 11.9. The summed E-state index contributed by atoms with van der Waals surface area (Å²) < 4.78 is 0. The molecule has 1 aromatic rings. The number of hydrogen-bond acceptors (Lipinski definition) is 2. The van der Waals surface area contributed by atoms with E-state index in [2.05, 4.69) is 11.4 Å². The molecule has 1 unspecified atom stereocenters. The molecule has 0 spiro atoms. The first-order valence-corrected chi connectivity index (χ1v) is 4.82. The third-order valence-electron chi connectivity index (χ3n) is 2.56. The summed E-state index contributed by atoms with van der Waals surface area (Å²) in [6.07, 6.45) is 2.08. The number of rotatable bonds is 2. The highest BCUT2D eigenvalue weighted by Crippen LogP contribution is 2.25. The number of para-hydroxylation sites is 1. The van der Waals surface area contributed by atoms with E-state index >= 15 is 0 Å². The fourth-order valence-corrected chi connectivity index (χ4v) is 1.86. The number of hydrogen-bond donors (Lipinski definition) is 2. The average Bonchev–Trinajstić information content (AvgIpc) is 2.17. The zero-order chi connectivity index (χ0) is 9.97. The first-order valence-electron chi connectivity index (χ1n) is 4.82. The summed E-state index contributed by atoms with van der Waals surface area (Å²) in [4.78, 5) is 10.5. The first kappa shape index (κ1) is 9.06. The largest absolute Gasteiger partial charge is 0.481 e. The predicted octanol–water partition coefficient (Wildman–Crippen LogP) is 1.89. The van der Waals surface area contributed by atoms with Gasteiger partial charge in [-0.1, -0.05) is 18.2 Å². The van der Waals surface area contributed by atoms with Gasteiger partial charge in [0.2, 0.25) is 0 Å². The Balaban J connectivity index is 2.09. The van der Waals surface area contributed by atoms with Crippen molar-refractivity contribution in [3.05, 3.63) is 29.8 Å². The van der Waals surface area contributed by atoms with Crippen molar-refractivity contribution in [2.24, 2.45) is 0 Å². The lowest BCUT2D eigenvalue weighted by Crippen LogP contribution is -2.27. The molecule has 0 aromatic heterocycles. The van der Waals surface area contributed by atoms with Crippen LogP contribution in [0.25, 0.3) is 0 Å². The van der Waals surface area contributed by atoms with Gasteiger partial charge in [0.25, 0.3) is 0 Å². The van der Waals surface area contributed by atoms with Crippen molar-refractivity contribution < 1.29 is 9.90 Å². The molecular weight excluding hydrogens is 178 g/mol. The Morgan fingerprint density at radius 2 is 2.29 bits per heavy atom. The van der Waals surface area contributed by atoms with Gasteiger partial charge in [-0.25, -0.2) is 0 Å². The van der Waals surface area contributed by atoms with Gasteiger partial charge in [-0.2, -0.15) is 0 Å². The number of fused-ring (bicyclic) bond motifs is 1. The number of aliphatic carboxylic acids is 1. The molecule has 3 heteroatoms. The number of carboxylic acid groups (broad SMARTS) is 1. The van der Waals surface area contributed by atoms with E-state index in [9.17, 15) is 4.79 Å². The summed E-state index contributed by atoms with van der Waals surface area (Å²) in [6, 6.07) is 8.15. The van der Waals surface area contributed by atoms with Crippen LogP contribution in [-0.4, -0.2) is 17.1 Å². The molecular formula is C11H13NO2. The van der Waals surface area contributed by atoms with Crippen molar-refractivity contribution >= 4 is 11.7 Å². The molecule has 74 valence electrons. The summed E-state index contributed by atoms with van der Waals surface area (Å²) >= 11 is 0. The van der Waals surface area contributed by atoms with Gasteiger partial charge in [0, 0.05) is 11.7 Å². The van der Waals surface area contributed by atoms with Crippen LogP contribution in [0.3, 0.4) is 0 Å². The molecule has 0 aliphatic carbocycles. The highest BCUT2D eigenvalue weighted by molar-refractivity contribution is 5.69. The molecule has 0 saturated heterocycles. The van der Waals surface area contributed by atoms with Crippen LogP contribution >= 0.6 is 0 Å². The molecule has 0 fully saturated rings. The van der Waals surface area contributed by atoms with Gasteiger partial charge in [-0.05, 0) is 24.5 Å². The van der Waals surface area contributed by atoms with Crippen LogP contribution < -0.4 is 5.32 Å². The number of carboxylic acids is 1. The van der Waals surface area contributed by atoms with Crippen LogP contribution in [0.4, 0.5) is 5.69 Å². The Morgan fingerprint density at radius 3 is 3.07 bits per heavy atom. The molecule has 1 aliphatic heterocycles. The predicted molar refractivity (Wildman–Crippen MR) is 54.4 cm³/mol. The van der Waals surface area contributed by atoms with Crippen molar-refractivity contribution in [1.29, 1.82) is 0 Å². The van der Waals surface area contributed by atoms with Crippen LogP contribution in [0.2, 0.25) is 0 Å². The third kappa shape index (κ3) is 1.87. The van der Waals surface area contributed by atoms with Crippen LogP contribution in [0, 0.1) is 0 Å². The van der Waals surface area contributed by atoms with Crippen molar-refractivity contribution in [2.75, 3.05) is 5.32 Å². The molecule has 14 heavy (non-hydrogen) atoms. The van der Waals surface area contributed by atoms with Crippen molar-refractivity contribution in [1.82, 2.24) is 0 Å². The minimum atomic E-state index is -0.734. The lowest BCUT2D eigenvalue weighted by molar-refractivity contribution is -0.137. The van der Waals surface area contributed by atoms with Crippen molar-refractivity contribution in [3.8, 4) is 0 Å². The van der Waals surface area contributed by atoms with Gasteiger partial charge in [0.05, 0.1) is 6.42 Å².